The number of carbonyl (C=O) groups excluding carboxylic acids is 1. The van der Waals surface area contributed by atoms with E-state index in [1.54, 1.807) is 0 Å². The maximum atomic E-state index is 13.3. The van der Waals surface area contributed by atoms with Gasteiger partial charge in [0.25, 0.3) is 5.24 Å². The first-order chi connectivity index (χ1) is 9.40. The van der Waals surface area contributed by atoms with Gasteiger partial charge in [-0.25, -0.2) is 17.5 Å². The number of halogens is 2. The van der Waals surface area contributed by atoms with Gasteiger partial charge in [-0.05, 0) is 42.6 Å². The van der Waals surface area contributed by atoms with Crippen molar-refractivity contribution in [3.8, 4) is 0 Å². The molecule has 0 aliphatic heterocycles. The highest BCUT2D eigenvalue weighted by Gasteiger charge is 2.23. The summed E-state index contributed by atoms with van der Waals surface area (Å²) in [4.78, 5) is 10.9. The Kier molecular flexibility index (Phi) is 4.78. The maximum absolute atomic E-state index is 13.3. The van der Waals surface area contributed by atoms with Gasteiger partial charge in [0.05, 0.1) is 10.5 Å². The molecule has 110 valence electrons. The van der Waals surface area contributed by atoms with E-state index in [2.05, 4.69) is 4.72 Å². The topological polar surface area (TPSA) is 63.2 Å². The van der Waals surface area contributed by atoms with E-state index in [1.807, 2.05) is 0 Å². The zero-order chi connectivity index (χ0) is 14.8. The molecule has 0 bridgehead atoms. The van der Waals surface area contributed by atoms with Crippen LogP contribution in [0.3, 0.4) is 0 Å². The Hall–Kier alpha value is -0.980. The summed E-state index contributed by atoms with van der Waals surface area (Å²) in [6.45, 7) is 0. The predicted octanol–water partition coefficient (Wildman–Crippen LogP) is 2.82. The number of benzene rings is 1. The minimum atomic E-state index is -3.76. The van der Waals surface area contributed by atoms with Crippen LogP contribution in [0, 0.1) is 5.82 Å². The fourth-order valence-electron chi connectivity index (χ4n) is 2.33. The van der Waals surface area contributed by atoms with E-state index in [4.69, 9.17) is 11.6 Å². The molecule has 1 fully saturated rings. The molecule has 1 aliphatic carbocycles. The molecule has 2 rings (SSSR count). The van der Waals surface area contributed by atoms with Gasteiger partial charge in [-0.15, -0.1) is 0 Å². The second-order valence-electron chi connectivity index (χ2n) is 4.87. The van der Waals surface area contributed by atoms with Gasteiger partial charge in [0, 0.05) is 6.04 Å². The Morgan fingerprint density at radius 3 is 2.50 bits per heavy atom. The summed E-state index contributed by atoms with van der Waals surface area (Å²) in [5.74, 6) is -0.832. The fourth-order valence-corrected chi connectivity index (χ4v) is 3.81. The summed E-state index contributed by atoms with van der Waals surface area (Å²) in [5.41, 5.74) is -0.432. The highest BCUT2D eigenvalue weighted by Crippen LogP contribution is 2.21. The molecule has 1 aromatic rings. The smallest absolute Gasteiger partial charge is 0.255 e. The van der Waals surface area contributed by atoms with E-state index in [9.17, 15) is 17.6 Å². The zero-order valence-electron chi connectivity index (χ0n) is 10.7. The van der Waals surface area contributed by atoms with Crippen LogP contribution in [0.4, 0.5) is 4.39 Å². The summed E-state index contributed by atoms with van der Waals surface area (Å²) >= 11 is 5.23. The maximum Gasteiger partial charge on any atom is 0.255 e. The standard InChI is InChI=1S/C13H15ClFNO3S/c14-13(17)11-8-10(6-7-12(11)15)20(18,19)16-9-4-2-1-3-5-9/h6-9,16H,1-5H2. The molecule has 0 heterocycles. The molecule has 0 aromatic heterocycles. The van der Waals surface area contributed by atoms with Crippen LogP contribution in [-0.2, 0) is 10.0 Å². The molecule has 0 amide bonds. The van der Waals surface area contributed by atoms with Gasteiger partial charge >= 0.3 is 0 Å². The summed E-state index contributed by atoms with van der Waals surface area (Å²) in [6.07, 6.45) is 4.67. The van der Waals surface area contributed by atoms with Crippen LogP contribution in [0.15, 0.2) is 23.1 Å². The van der Waals surface area contributed by atoms with Gasteiger partial charge in [-0.2, -0.15) is 0 Å². The largest absolute Gasteiger partial charge is 0.275 e. The molecule has 4 nitrogen and oxygen atoms in total. The van der Waals surface area contributed by atoms with Gasteiger partial charge in [0.15, 0.2) is 0 Å². The van der Waals surface area contributed by atoms with E-state index >= 15 is 0 Å². The minimum Gasteiger partial charge on any atom is -0.275 e. The summed E-state index contributed by atoms with van der Waals surface area (Å²) < 4.78 is 40.3. The molecule has 1 N–H and O–H groups in total. The highest BCUT2D eigenvalue weighted by atomic mass is 35.5. The third-order valence-electron chi connectivity index (χ3n) is 3.39. The average molecular weight is 320 g/mol. The quantitative estimate of drug-likeness (QED) is 0.868. The number of sulfonamides is 1. The molecule has 1 saturated carbocycles. The summed E-state index contributed by atoms with van der Waals surface area (Å²) in [6, 6.07) is 2.93. The average Bonchev–Trinajstić information content (AvgIpc) is 2.39. The van der Waals surface area contributed by atoms with Gasteiger partial charge < -0.3 is 0 Å². The third kappa shape index (κ3) is 3.56. The van der Waals surface area contributed by atoms with E-state index in [1.165, 1.54) is 0 Å². The van der Waals surface area contributed by atoms with Crippen molar-refractivity contribution in [2.24, 2.45) is 0 Å². The molecule has 0 unspecified atom stereocenters. The normalized spacial score (nSPS) is 17.1. The van der Waals surface area contributed by atoms with Crippen molar-refractivity contribution in [1.82, 2.24) is 4.72 Å². The number of hydrogen-bond acceptors (Lipinski definition) is 3. The first-order valence-corrected chi connectivity index (χ1v) is 8.28. The molecule has 0 spiro atoms. The van der Waals surface area contributed by atoms with Crippen molar-refractivity contribution < 1.29 is 17.6 Å². The van der Waals surface area contributed by atoms with Gasteiger partial charge in [0.2, 0.25) is 10.0 Å². The van der Waals surface area contributed by atoms with Crippen LogP contribution in [-0.4, -0.2) is 19.7 Å². The SMILES string of the molecule is O=C(Cl)c1cc(S(=O)(=O)NC2CCCCC2)ccc1F. The molecule has 7 heteroatoms. The molecule has 20 heavy (non-hydrogen) atoms. The number of carbonyl (C=O) groups is 1. The highest BCUT2D eigenvalue weighted by molar-refractivity contribution is 7.89. The van der Waals surface area contributed by atoms with Crippen molar-refractivity contribution in [1.29, 1.82) is 0 Å². The molecule has 0 atom stereocenters. The lowest BCUT2D eigenvalue weighted by molar-refractivity contribution is 0.107. The fraction of sp³-hybridized carbons (Fsp3) is 0.462. The van der Waals surface area contributed by atoms with E-state index < -0.39 is 26.6 Å². The Balaban J connectivity index is 2.24. The zero-order valence-corrected chi connectivity index (χ0v) is 12.3. The van der Waals surface area contributed by atoms with E-state index in [0.29, 0.717) is 0 Å². The second kappa shape index (κ2) is 6.20. The molecular weight excluding hydrogens is 305 g/mol. The summed E-state index contributed by atoms with van der Waals surface area (Å²) in [5, 5.41) is -1.02. The van der Waals surface area contributed by atoms with Crippen LogP contribution >= 0.6 is 11.6 Å². The molecule has 1 aromatic carbocycles. The Morgan fingerprint density at radius 2 is 1.90 bits per heavy atom. The number of hydrogen-bond donors (Lipinski definition) is 1. The lowest BCUT2D eigenvalue weighted by Crippen LogP contribution is -2.36. The van der Waals surface area contributed by atoms with Crippen LogP contribution in [0.5, 0.6) is 0 Å². The summed E-state index contributed by atoms with van der Waals surface area (Å²) in [7, 11) is -3.76. The first kappa shape index (κ1) is 15.4. The number of nitrogens with one attached hydrogen (secondary N) is 1. The number of rotatable bonds is 4. The van der Waals surface area contributed by atoms with Crippen molar-refractivity contribution in [3.05, 3.63) is 29.6 Å². The monoisotopic (exact) mass is 319 g/mol. The molecular formula is C13H15ClFNO3S. The Morgan fingerprint density at radius 1 is 1.25 bits per heavy atom. The lowest BCUT2D eigenvalue weighted by atomic mass is 9.96. The molecule has 1 aliphatic rings. The molecule has 0 saturated heterocycles. The molecule has 0 radical (unpaired) electrons. The van der Waals surface area contributed by atoms with Crippen LogP contribution < -0.4 is 4.72 Å². The van der Waals surface area contributed by atoms with Crippen molar-refractivity contribution in [2.45, 2.75) is 43.0 Å². The van der Waals surface area contributed by atoms with Crippen molar-refractivity contribution in [3.63, 3.8) is 0 Å². The van der Waals surface area contributed by atoms with Gasteiger partial charge in [-0.3, -0.25) is 4.79 Å². The minimum absolute atomic E-state index is 0.103. The van der Waals surface area contributed by atoms with Crippen LogP contribution in [0.25, 0.3) is 0 Å². The van der Waals surface area contributed by atoms with Gasteiger partial charge in [-0.1, -0.05) is 19.3 Å². The lowest BCUT2D eigenvalue weighted by Gasteiger charge is -2.22. The predicted molar refractivity (Wildman–Crippen MR) is 73.8 cm³/mol. The van der Waals surface area contributed by atoms with Crippen LogP contribution in [0.1, 0.15) is 42.5 Å². The van der Waals surface area contributed by atoms with Crippen molar-refractivity contribution >= 4 is 26.9 Å². The third-order valence-corrected chi connectivity index (χ3v) is 5.11. The Bertz CT molecular complexity index is 612. The first-order valence-electron chi connectivity index (χ1n) is 6.42. The van der Waals surface area contributed by atoms with Crippen LogP contribution in [0.2, 0.25) is 0 Å². The Labute approximate surface area is 122 Å². The van der Waals surface area contributed by atoms with E-state index in [0.717, 1.165) is 50.3 Å². The van der Waals surface area contributed by atoms with Gasteiger partial charge in [0.1, 0.15) is 5.82 Å². The van der Waals surface area contributed by atoms with E-state index in [-0.39, 0.29) is 10.9 Å². The second-order valence-corrected chi connectivity index (χ2v) is 6.93. The van der Waals surface area contributed by atoms with Crippen molar-refractivity contribution in [2.75, 3.05) is 0 Å².